The van der Waals surface area contributed by atoms with Gasteiger partial charge in [-0.2, -0.15) is 0 Å². The fourth-order valence-electron chi connectivity index (χ4n) is 1.12. The molecule has 0 saturated carbocycles. The Hall–Kier alpha value is -1.58. The Morgan fingerprint density at radius 1 is 1.53 bits per heavy atom. The van der Waals surface area contributed by atoms with Crippen molar-refractivity contribution in [3.8, 4) is 0 Å². The molecule has 0 atom stereocenters. The van der Waals surface area contributed by atoms with E-state index in [0.29, 0.717) is 11.6 Å². The van der Waals surface area contributed by atoms with Crippen molar-refractivity contribution in [2.24, 2.45) is 0 Å². The smallest absolute Gasteiger partial charge is 0.338 e. The SMILES string of the molecule is COC(=O)c1ccnc(N(C)C(C)C)c1. The third-order valence-corrected chi connectivity index (χ3v) is 2.30. The number of methoxy groups -OCH3 is 1. The number of carbonyl (C=O) groups is 1. The molecule has 0 spiro atoms. The molecule has 0 saturated heterocycles. The van der Waals surface area contributed by atoms with Crippen LogP contribution in [0.1, 0.15) is 24.2 Å². The van der Waals surface area contributed by atoms with E-state index in [2.05, 4.69) is 23.6 Å². The van der Waals surface area contributed by atoms with Crippen LogP contribution in [0.3, 0.4) is 0 Å². The molecule has 1 heterocycles. The number of anilines is 1. The second-order valence-corrected chi connectivity index (χ2v) is 3.60. The van der Waals surface area contributed by atoms with Gasteiger partial charge in [-0.05, 0) is 26.0 Å². The van der Waals surface area contributed by atoms with E-state index in [9.17, 15) is 4.79 Å². The molecule has 0 unspecified atom stereocenters. The zero-order valence-corrected chi connectivity index (χ0v) is 9.52. The number of esters is 1. The number of rotatable bonds is 3. The molecular formula is C11H16N2O2. The number of ether oxygens (including phenoxy) is 1. The standard InChI is InChI=1S/C11H16N2O2/c1-8(2)13(3)10-7-9(5-6-12-10)11(14)15-4/h5-8H,1-4H3. The normalized spacial score (nSPS) is 10.2. The molecule has 1 rings (SSSR count). The summed E-state index contributed by atoms with van der Waals surface area (Å²) in [6.45, 7) is 4.12. The van der Waals surface area contributed by atoms with Crippen molar-refractivity contribution in [2.45, 2.75) is 19.9 Å². The largest absolute Gasteiger partial charge is 0.465 e. The number of carbonyl (C=O) groups excluding carboxylic acids is 1. The van der Waals surface area contributed by atoms with Crippen molar-refractivity contribution in [2.75, 3.05) is 19.1 Å². The van der Waals surface area contributed by atoms with Crippen molar-refractivity contribution in [1.29, 1.82) is 0 Å². The first-order chi connectivity index (χ1) is 7.06. The Bertz CT molecular complexity index is 350. The summed E-state index contributed by atoms with van der Waals surface area (Å²) in [5.41, 5.74) is 0.523. The van der Waals surface area contributed by atoms with Crippen LogP contribution < -0.4 is 4.90 Å². The summed E-state index contributed by atoms with van der Waals surface area (Å²) in [5, 5.41) is 0. The van der Waals surface area contributed by atoms with Gasteiger partial charge in [0, 0.05) is 19.3 Å². The quantitative estimate of drug-likeness (QED) is 0.709. The van der Waals surface area contributed by atoms with Crippen LogP contribution in [0.5, 0.6) is 0 Å². The first-order valence-electron chi connectivity index (χ1n) is 4.83. The van der Waals surface area contributed by atoms with Crippen molar-refractivity contribution in [1.82, 2.24) is 4.98 Å². The zero-order valence-electron chi connectivity index (χ0n) is 9.52. The van der Waals surface area contributed by atoms with E-state index in [1.807, 2.05) is 11.9 Å². The molecule has 4 nitrogen and oxygen atoms in total. The summed E-state index contributed by atoms with van der Waals surface area (Å²) in [6.07, 6.45) is 1.61. The molecule has 0 aromatic carbocycles. The van der Waals surface area contributed by atoms with Crippen LogP contribution in [0.2, 0.25) is 0 Å². The van der Waals surface area contributed by atoms with Crippen LogP contribution in [-0.2, 0) is 4.74 Å². The van der Waals surface area contributed by atoms with E-state index < -0.39 is 0 Å². The van der Waals surface area contributed by atoms with E-state index in [1.165, 1.54) is 7.11 Å². The highest BCUT2D eigenvalue weighted by atomic mass is 16.5. The Morgan fingerprint density at radius 2 is 2.20 bits per heavy atom. The predicted molar refractivity (Wildman–Crippen MR) is 59.1 cm³/mol. The molecule has 0 radical (unpaired) electrons. The van der Waals surface area contributed by atoms with Gasteiger partial charge in [-0.1, -0.05) is 0 Å². The molecule has 0 amide bonds. The lowest BCUT2D eigenvalue weighted by atomic mass is 10.2. The van der Waals surface area contributed by atoms with Crippen molar-refractivity contribution < 1.29 is 9.53 Å². The Balaban J connectivity index is 2.97. The molecule has 4 heteroatoms. The minimum atomic E-state index is -0.337. The van der Waals surface area contributed by atoms with Gasteiger partial charge >= 0.3 is 5.97 Å². The molecule has 0 bridgehead atoms. The minimum Gasteiger partial charge on any atom is -0.465 e. The van der Waals surface area contributed by atoms with Crippen LogP contribution in [-0.4, -0.2) is 31.2 Å². The van der Waals surface area contributed by atoms with Gasteiger partial charge in [0.05, 0.1) is 12.7 Å². The molecule has 1 aromatic heterocycles. The molecule has 15 heavy (non-hydrogen) atoms. The Morgan fingerprint density at radius 3 is 2.73 bits per heavy atom. The zero-order chi connectivity index (χ0) is 11.4. The lowest BCUT2D eigenvalue weighted by Gasteiger charge is -2.22. The maximum absolute atomic E-state index is 11.3. The van der Waals surface area contributed by atoms with Crippen molar-refractivity contribution in [3.05, 3.63) is 23.9 Å². The van der Waals surface area contributed by atoms with E-state index in [4.69, 9.17) is 0 Å². The lowest BCUT2D eigenvalue weighted by molar-refractivity contribution is 0.0600. The molecule has 1 aromatic rings. The molecule has 82 valence electrons. The van der Waals surface area contributed by atoms with Gasteiger partial charge < -0.3 is 9.64 Å². The highest BCUT2D eigenvalue weighted by molar-refractivity contribution is 5.90. The summed E-state index contributed by atoms with van der Waals surface area (Å²) < 4.78 is 4.65. The number of hydrogen-bond acceptors (Lipinski definition) is 4. The van der Waals surface area contributed by atoms with Crippen LogP contribution in [0.15, 0.2) is 18.3 Å². The molecular weight excluding hydrogens is 192 g/mol. The molecule has 0 aliphatic heterocycles. The van der Waals surface area contributed by atoms with Crippen LogP contribution >= 0.6 is 0 Å². The topological polar surface area (TPSA) is 42.4 Å². The first-order valence-corrected chi connectivity index (χ1v) is 4.83. The summed E-state index contributed by atoms with van der Waals surface area (Å²) in [4.78, 5) is 17.5. The highest BCUT2D eigenvalue weighted by Gasteiger charge is 2.10. The number of pyridine rings is 1. The number of aromatic nitrogens is 1. The van der Waals surface area contributed by atoms with Gasteiger partial charge in [-0.3, -0.25) is 0 Å². The Labute approximate surface area is 89.9 Å². The lowest BCUT2D eigenvalue weighted by Crippen LogP contribution is -2.26. The molecule has 0 N–H and O–H groups in total. The van der Waals surface area contributed by atoms with Gasteiger partial charge in [-0.25, -0.2) is 9.78 Å². The van der Waals surface area contributed by atoms with E-state index in [0.717, 1.165) is 5.82 Å². The van der Waals surface area contributed by atoms with Gasteiger partial charge in [0.15, 0.2) is 0 Å². The summed E-state index contributed by atoms with van der Waals surface area (Å²) in [7, 11) is 3.31. The van der Waals surface area contributed by atoms with Gasteiger partial charge in [0.1, 0.15) is 5.82 Å². The molecule has 0 aliphatic carbocycles. The van der Waals surface area contributed by atoms with Crippen molar-refractivity contribution in [3.63, 3.8) is 0 Å². The third kappa shape index (κ3) is 2.68. The number of hydrogen-bond donors (Lipinski definition) is 0. The average molecular weight is 208 g/mol. The summed E-state index contributed by atoms with van der Waals surface area (Å²) >= 11 is 0. The van der Waals surface area contributed by atoms with Gasteiger partial charge in [-0.15, -0.1) is 0 Å². The first kappa shape index (κ1) is 11.5. The molecule has 0 aliphatic rings. The van der Waals surface area contributed by atoms with Crippen molar-refractivity contribution >= 4 is 11.8 Å². The second-order valence-electron chi connectivity index (χ2n) is 3.60. The van der Waals surface area contributed by atoms with E-state index >= 15 is 0 Å². The van der Waals surface area contributed by atoms with Gasteiger partial charge in [0.2, 0.25) is 0 Å². The second kappa shape index (κ2) is 4.77. The maximum atomic E-state index is 11.3. The fraction of sp³-hybridized carbons (Fsp3) is 0.455. The average Bonchev–Trinajstić information content (AvgIpc) is 2.27. The number of nitrogens with zero attached hydrogens (tertiary/aromatic N) is 2. The molecule has 0 fully saturated rings. The maximum Gasteiger partial charge on any atom is 0.338 e. The summed E-state index contributed by atoms with van der Waals surface area (Å²) in [5.74, 6) is 0.434. The predicted octanol–water partition coefficient (Wildman–Crippen LogP) is 1.71. The van der Waals surface area contributed by atoms with E-state index in [-0.39, 0.29) is 5.97 Å². The van der Waals surface area contributed by atoms with Crippen LogP contribution in [0, 0.1) is 0 Å². The third-order valence-electron chi connectivity index (χ3n) is 2.30. The summed E-state index contributed by atoms with van der Waals surface area (Å²) in [6, 6.07) is 3.71. The van der Waals surface area contributed by atoms with Gasteiger partial charge in [0.25, 0.3) is 0 Å². The minimum absolute atomic E-state index is 0.337. The van der Waals surface area contributed by atoms with E-state index in [1.54, 1.807) is 18.3 Å². The van der Waals surface area contributed by atoms with Crippen LogP contribution in [0.4, 0.5) is 5.82 Å². The van der Waals surface area contributed by atoms with Crippen LogP contribution in [0.25, 0.3) is 0 Å². The highest BCUT2D eigenvalue weighted by Crippen LogP contribution is 2.13. The fourth-order valence-corrected chi connectivity index (χ4v) is 1.12. The monoisotopic (exact) mass is 208 g/mol. The Kier molecular flexibility index (Phi) is 3.66.